The van der Waals surface area contributed by atoms with Crippen LogP contribution < -0.4 is 4.74 Å². The van der Waals surface area contributed by atoms with Crippen molar-refractivity contribution in [2.24, 2.45) is 5.92 Å². The molecule has 1 amide bonds. The number of amides is 1. The standard InChI is InChI=1S/C23H28N2O3.C2H2O4/c1-28-21-8-4-7-20(22(21)26)15-24-12-9-18(10-13-24)23(27)25-14-11-17-5-2-3-6-19(17)16-25;3-1(4)2(5)6/h2-8,18,26H,9-16H2,1H3;(H,3,4)(H,5,6). The quantitative estimate of drug-likeness (QED) is 0.581. The molecule has 0 aliphatic carbocycles. The third kappa shape index (κ3) is 6.26. The molecular weight excluding hydrogens is 440 g/mol. The molecule has 9 heteroatoms. The summed E-state index contributed by atoms with van der Waals surface area (Å²) in [7, 11) is 1.56. The lowest BCUT2D eigenvalue weighted by Crippen LogP contribution is -2.44. The molecule has 1 saturated heterocycles. The first kappa shape index (κ1) is 25.0. The number of phenolic OH excluding ortho intramolecular Hbond substituents is 1. The Morgan fingerprint density at radius 3 is 2.21 bits per heavy atom. The lowest BCUT2D eigenvalue weighted by atomic mass is 9.93. The predicted octanol–water partition coefficient (Wildman–Crippen LogP) is 2.35. The van der Waals surface area contributed by atoms with Gasteiger partial charge in [0.05, 0.1) is 7.11 Å². The van der Waals surface area contributed by atoms with E-state index in [1.807, 2.05) is 17.0 Å². The van der Waals surface area contributed by atoms with Crippen molar-refractivity contribution in [3.63, 3.8) is 0 Å². The number of carbonyl (C=O) groups excluding carboxylic acids is 1. The van der Waals surface area contributed by atoms with Gasteiger partial charge >= 0.3 is 11.9 Å². The second kappa shape index (κ2) is 11.5. The van der Waals surface area contributed by atoms with Crippen molar-refractivity contribution in [1.82, 2.24) is 9.80 Å². The zero-order valence-corrected chi connectivity index (χ0v) is 19.1. The Labute approximate surface area is 198 Å². The van der Waals surface area contributed by atoms with E-state index in [0.29, 0.717) is 18.2 Å². The van der Waals surface area contributed by atoms with Gasteiger partial charge in [0, 0.05) is 31.1 Å². The fourth-order valence-electron chi connectivity index (χ4n) is 4.38. The van der Waals surface area contributed by atoms with Crippen molar-refractivity contribution in [2.45, 2.75) is 32.4 Å². The zero-order valence-electron chi connectivity index (χ0n) is 19.1. The van der Waals surface area contributed by atoms with Crippen LogP contribution in [0.3, 0.4) is 0 Å². The summed E-state index contributed by atoms with van der Waals surface area (Å²) >= 11 is 0. The molecule has 0 atom stereocenters. The number of carboxylic acids is 2. The van der Waals surface area contributed by atoms with Crippen LogP contribution in [0.1, 0.15) is 29.5 Å². The zero-order chi connectivity index (χ0) is 24.7. The summed E-state index contributed by atoms with van der Waals surface area (Å²) in [5, 5.41) is 25.1. The van der Waals surface area contributed by atoms with Gasteiger partial charge < -0.3 is 25.0 Å². The first-order valence-electron chi connectivity index (χ1n) is 11.2. The summed E-state index contributed by atoms with van der Waals surface area (Å²) < 4.78 is 5.20. The third-order valence-corrected chi connectivity index (χ3v) is 6.26. The van der Waals surface area contributed by atoms with Gasteiger partial charge in [0.2, 0.25) is 5.91 Å². The summed E-state index contributed by atoms with van der Waals surface area (Å²) in [5.41, 5.74) is 3.53. The van der Waals surface area contributed by atoms with Crippen LogP contribution in [0.15, 0.2) is 42.5 Å². The number of para-hydroxylation sites is 1. The molecule has 0 saturated carbocycles. The summed E-state index contributed by atoms with van der Waals surface area (Å²) in [6.07, 6.45) is 2.71. The molecule has 2 heterocycles. The van der Waals surface area contributed by atoms with Crippen LogP contribution in [0.2, 0.25) is 0 Å². The number of benzene rings is 2. The number of rotatable bonds is 4. The molecule has 182 valence electrons. The molecule has 9 nitrogen and oxygen atoms in total. The Morgan fingerprint density at radius 1 is 0.941 bits per heavy atom. The lowest BCUT2D eigenvalue weighted by molar-refractivity contribution is -0.159. The molecule has 0 unspecified atom stereocenters. The molecule has 3 N–H and O–H groups in total. The molecule has 0 radical (unpaired) electrons. The molecule has 2 aliphatic heterocycles. The highest BCUT2D eigenvalue weighted by atomic mass is 16.5. The minimum atomic E-state index is -1.82. The second-order valence-corrected chi connectivity index (χ2v) is 8.41. The maximum atomic E-state index is 13.0. The van der Waals surface area contributed by atoms with Gasteiger partial charge in [-0.05, 0) is 49.5 Å². The van der Waals surface area contributed by atoms with Gasteiger partial charge in [-0.3, -0.25) is 9.69 Å². The number of methoxy groups -OCH3 is 1. The average Bonchev–Trinajstić information content (AvgIpc) is 2.85. The monoisotopic (exact) mass is 470 g/mol. The van der Waals surface area contributed by atoms with Gasteiger partial charge in [0.25, 0.3) is 0 Å². The van der Waals surface area contributed by atoms with Gasteiger partial charge in [-0.2, -0.15) is 0 Å². The van der Waals surface area contributed by atoms with E-state index < -0.39 is 11.9 Å². The number of carbonyl (C=O) groups is 3. The van der Waals surface area contributed by atoms with E-state index in [9.17, 15) is 9.90 Å². The van der Waals surface area contributed by atoms with E-state index in [-0.39, 0.29) is 11.7 Å². The van der Waals surface area contributed by atoms with Crippen LogP contribution in [0.4, 0.5) is 0 Å². The van der Waals surface area contributed by atoms with Crippen molar-refractivity contribution in [1.29, 1.82) is 0 Å². The molecular formula is C25H30N2O7. The smallest absolute Gasteiger partial charge is 0.414 e. The number of phenols is 1. The normalized spacial score (nSPS) is 16.1. The fraction of sp³-hybridized carbons (Fsp3) is 0.400. The largest absolute Gasteiger partial charge is 0.504 e. The molecule has 34 heavy (non-hydrogen) atoms. The van der Waals surface area contributed by atoms with Gasteiger partial charge in [-0.15, -0.1) is 0 Å². The first-order valence-corrected chi connectivity index (χ1v) is 11.2. The van der Waals surface area contributed by atoms with Crippen molar-refractivity contribution >= 4 is 17.8 Å². The lowest BCUT2D eigenvalue weighted by Gasteiger charge is -2.36. The van der Waals surface area contributed by atoms with E-state index in [1.165, 1.54) is 11.1 Å². The first-order chi connectivity index (χ1) is 16.3. The summed E-state index contributed by atoms with van der Waals surface area (Å²) in [6.45, 7) is 4.00. The number of aromatic hydroxyl groups is 1. The second-order valence-electron chi connectivity index (χ2n) is 8.41. The SMILES string of the molecule is COc1cccc(CN2CCC(C(=O)N3CCc4ccccc4C3)CC2)c1O.O=C(O)C(=O)O. The van der Waals surface area contributed by atoms with Crippen molar-refractivity contribution in [3.05, 3.63) is 59.2 Å². The van der Waals surface area contributed by atoms with Crippen LogP contribution in [0.5, 0.6) is 11.5 Å². The Hall–Kier alpha value is -3.59. The molecule has 4 rings (SSSR count). The van der Waals surface area contributed by atoms with Crippen LogP contribution in [-0.4, -0.2) is 69.7 Å². The molecule has 1 fully saturated rings. The number of fused-ring (bicyclic) bond motifs is 1. The van der Waals surface area contributed by atoms with E-state index in [0.717, 1.165) is 51.0 Å². The molecule has 0 aromatic heterocycles. The highest BCUT2D eigenvalue weighted by molar-refractivity contribution is 6.27. The third-order valence-electron chi connectivity index (χ3n) is 6.26. The van der Waals surface area contributed by atoms with E-state index in [4.69, 9.17) is 24.5 Å². The number of carboxylic acid groups (broad SMARTS) is 2. The van der Waals surface area contributed by atoms with Gasteiger partial charge in [-0.1, -0.05) is 36.4 Å². The van der Waals surface area contributed by atoms with Gasteiger partial charge in [0.15, 0.2) is 11.5 Å². The molecule has 0 spiro atoms. The number of piperidine rings is 1. The number of ether oxygens (including phenoxy) is 1. The van der Waals surface area contributed by atoms with E-state index in [1.54, 1.807) is 13.2 Å². The summed E-state index contributed by atoms with van der Waals surface area (Å²) in [4.78, 5) is 35.6. The molecule has 2 aliphatic rings. The number of hydrogen-bond donors (Lipinski definition) is 3. The summed E-state index contributed by atoms with van der Waals surface area (Å²) in [6, 6.07) is 14.0. The van der Waals surface area contributed by atoms with Gasteiger partial charge in [0.1, 0.15) is 0 Å². The van der Waals surface area contributed by atoms with E-state index in [2.05, 4.69) is 29.2 Å². The predicted molar refractivity (Wildman–Crippen MR) is 123 cm³/mol. The number of nitrogens with zero attached hydrogens (tertiary/aromatic N) is 2. The van der Waals surface area contributed by atoms with Gasteiger partial charge in [-0.25, -0.2) is 9.59 Å². The van der Waals surface area contributed by atoms with Crippen LogP contribution >= 0.6 is 0 Å². The molecule has 0 bridgehead atoms. The number of likely N-dealkylation sites (tertiary alicyclic amines) is 1. The highest BCUT2D eigenvalue weighted by Crippen LogP contribution is 2.31. The number of aliphatic carboxylic acids is 2. The Balaban J connectivity index is 0.000000481. The maximum absolute atomic E-state index is 13.0. The van der Waals surface area contributed by atoms with Crippen molar-refractivity contribution in [2.75, 3.05) is 26.7 Å². The van der Waals surface area contributed by atoms with Crippen molar-refractivity contribution in [3.8, 4) is 11.5 Å². The molecule has 2 aromatic rings. The fourth-order valence-corrected chi connectivity index (χ4v) is 4.38. The summed E-state index contributed by atoms with van der Waals surface area (Å²) in [5.74, 6) is -2.51. The Morgan fingerprint density at radius 2 is 1.59 bits per heavy atom. The van der Waals surface area contributed by atoms with Crippen molar-refractivity contribution < 1.29 is 34.4 Å². The van der Waals surface area contributed by atoms with Crippen LogP contribution in [0, 0.1) is 5.92 Å². The average molecular weight is 471 g/mol. The topological polar surface area (TPSA) is 128 Å². The highest BCUT2D eigenvalue weighted by Gasteiger charge is 2.30. The molecule has 2 aromatic carbocycles. The van der Waals surface area contributed by atoms with Crippen LogP contribution in [0.25, 0.3) is 0 Å². The Bertz CT molecular complexity index is 1020. The van der Waals surface area contributed by atoms with E-state index >= 15 is 0 Å². The maximum Gasteiger partial charge on any atom is 0.414 e. The Kier molecular flexibility index (Phi) is 8.48. The minimum absolute atomic E-state index is 0.111. The minimum Gasteiger partial charge on any atom is -0.504 e. The number of hydrogen-bond acceptors (Lipinski definition) is 6. The van der Waals surface area contributed by atoms with Crippen LogP contribution in [-0.2, 0) is 33.9 Å².